The lowest BCUT2D eigenvalue weighted by Gasteiger charge is -2.15. The Balaban J connectivity index is 1.94. The Morgan fingerprint density at radius 1 is 1.30 bits per heavy atom. The molecule has 3 aromatic rings. The molecule has 27 heavy (non-hydrogen) atoms. The van der Waals surface area contributed by atoms with Crippen LogP contribution in [0.15, 0.2) is 48.3 Å². The van der Waals surface area contributed by atoms with Crippen LogP contribution < -0.4 is 10.6 Å². The summed E-state index contributed by atoms with van der Waals surface area (Å²) in [5.41, 5.74) is 2.17. The molecule has 0 saturated heterocycles. The highest BCUT2D eigenvalue weighted by Gasteiger charge is 2.15. The summed E-state index contributed by atoms with van der Waals surface area (Å²) < 4.78 is 0. The van der Waals surface area contributed by atoms with Crippen molar-refractivity contribution in [2.24, 2.45) is 0 Å². The molecule has 1 atom stereocenters. The second-order valence-electron chi connectivity index (χ2n) is 6.10. The predicted molar refractivity (Wildman–Crippen MR) is 106 cm³/mol. The fraction of sp³-hybridized carbons (Fsp3) is 0.158. The molecule has 3 N–H and O–H groups in total. The van der Waals surface area contributed by atoms with Gasteiger partial charge in [0.15, 0.2) is 5.82 Å². The fourth-order valence-electron chi connectivity index (χ4n) is 2.99. The number of pyridine rings is 1. The Hall–Kier alpha value is -3.19. The van der Waals surface area contributed by atoms with E-state index in [0.29, 0.717) is 22.8 Å². The monoisotopic (exact) mass is 381 g/mol. The number of hydrogen-bond acceptors (Lipinski definition) is 6. The smallest absolute Gasteiger partial charge is 0.335 e. The van der Waals surface area contributed by atoms with Crippen LogP contribution in [0, 0.1) is 0 Å². The number of fused-ring (bicyclic) bond motifs is 3. The number of aromatic carboxylic acids is 1. The molecule has 4 rings (SSSR count). The van der Waals surface area contributed by atoms with Gasteiger partial charge in [-0.2, -0.15) is 0 Å². The van der Waals surface area contributed by atoms with Crippen molar-refractivity contribution in [3.63, 3.8) is 0 Å². The van der Waals surface area contributed by atoms with Crippen molar-refractivity contribution >= 4 is 51.1 Å². The van der Waals surface area contributed by atoms with E-state index in [0.717, 1.165) is 22.9 Å². The van der Waals surface area contributed by atoms with E-state index in [1.54, 1.807) is 31.4 Å². The first-order chi connectivity index (χ1) is 13.0. The van der Waals surface area contributed by atoms with E-state index in [1.807, 2.05) is 18.2 Å². The molecule has 0 aliphatic heterocycles. The Morgan fingerprint density at radius 2 is 2.15 bits per heavy atom. The average molecular weight is 382 g/mol. The molecule has 7 nitrogen and oxygen atoms in total. The molecule has 0 spiro atoms. The van der Waals surface area contributed by atoms with Gasteiger partial charge in [0.2, 0.25) is 5.95 Å². The molecular weight excluding hydrogens is 366 g/mol. The van der Waals surface area contributed by atoms with E-state index in [2.05, 4.69) is 25.6 Å². The van der Waals surface area contributed by atoms with E-state index >= 15 is 0 Å². The number of allylic oxidation sites excluding steroid dienone is 3. The molecule has 0 radical (unpaired) electrons. The van der Waals surface area contributed by atoms with Crippen LogP contribution >= 0.6 is 11.6 Å². The summed E-state index contributed by atoms with van der Waals surface area (Å²) in [4.78, 5) is 24.8. The number of anilines is 2. The zero-order chi connectivity index (χ0) is 19.0. The lowest BCUT2D eigenvalue weighted by atomic mass is 10.1. The minimum absolute atomic E-state index is 0.0923. The number of rotatable bonds is 4. The highest BCUT2D eigenvalue weighted by atomic mass is 35.5. The number of nitrogens with one attached hydrogen (secondary N) is 2. The maximum Gasteiger partial charge on any atom is 0.335 e. The van der Waals surface area contributed by atoms with Gasteiger partial charge in [0, 0.05) is 29.7 Å². The number of alkyl halides is 1. The fourth-order valence-corrected chi connectivity index (χ4v) is 3.23. The van der Waals surface area contributed by atoms with E-state index in [4.69, 9.17) is 11.6 Å². The Bertz CT molecular complexity index is 1130. The van der Waals surface area contributed by atoms with Crippen LogP contribution in [0.3, 0.4) is 0 Å². The van der Waals surface area contributed by atoms with Gasteiger partial charge in [-0.1, -0.05) is 12.1 Å². The third-order valence-corrected chi connectivity index (χ3v) is 4.59. The first-order valence-electron chi connectivity index (χ1n) is 8.36. The molecule has 1 unspecified atom stereocenters. The molecule has 8 heteroatoms. The molecule has 1 aliphatic rings. The highest BCUT2D eigenvalue weighted by molar-refractivity contribution is 6.22. The Morgan fingerprint density at radius 3 is 2.89 bits per heavy atom. The van der Waals surface area contributed by atoms with Gasteiger partial charge in [-0.15, -0.1) is 11.6 Å². The van der Waals surface area contributed by atoms with Crippen molar-refractivity contribution < 1.29 is 9.90 Å². The standard InChI is InChI=1S/C19H16ClN5O2/c1-21-19-22-9-14-13-6-5-10(18(26)27)7-15(13)24-17(16(14)25-19)23-12-4-2-3-11(20)8-12/h2,4-9,11H,3H2,1H3,(H,23,24)(H,26,27)(H,21,22,25). The minimum atomic E-state index is -1.00. The maximum absolute atomic E-state index is 11.3. The molecule has 0 amide bonds. The van der Waals surface area contributed by atoms with Crippen molar-refractivity contribution in [2.75, 3.05) is 17.7 Å². The topological polar surface area (TPSA) is 100 Å². The molecule has 136 valence electrons. The summed E-state index contributed by atoms with van der Waals surface area (Å²) in [5.74, 6) is -0.0177. The number of nitrogens with zero attached hydrogens (tertiary/aromatic N) is 3. The van der Waals surface area contributed by atoms with Crippen LogP contribution in [0.1, 0.15) is 16.8 Å². The molecule has 0 saturated carbocycles. The van der Waals surface area contributed by atoms with E-state index in [-0.39, 0.29) is 10.9 Å². The van der Waals surface area contributed by atoms with Crippen LogP contribution in [-0.2, 0) is 0 Å². The highest BCUT2D eigenvalue weighted by Crippen LogP contribution is 2.30. The van der Waals surface area contributed by atoms with Gasteiger partial charge < -0.3 is 15.7 Å². The molecule has 2 heterocycles. The van der Waals surface area contributed by atoms with Crippen molar-refractivity contribution in [3.05, 3.63) is 53.9 Å². The number of carbonyl (C=O) groups is 1. The molecule has 0 bridgehead atoms. The number of carboxylic acids is 1. The van der Waals surface area contributed by atoms with E-state index in [9.17, 15) is 9.90 Å². The maximum atomic E-state index is 11.3. The Kier molecular flexibility index (Phi) is 4.37. The summed E-state index contributed by atoms with van der Waals surface area (Å²) in [6.45, 7) is 0. The van der Waals surface area contributed by atoms with Crippen LogP contribution in [0.4, 0.5) is 11.8 Å². The van der Waals surface area contributed by atoms with Gasteiger partial charge in [0.05, 0.1) is 16.5 Å². The van der Waals surface area contributed by atoms with E-state index in [1.165, 1.54) is 0 Å². The van der Waals surface area contributed by atoms with E-state index < -0.39 is 5.97 Å². The third kappa shape index (κ3) is 3.29. The van der Waals surface area contributed by atoms with Gasteiger partial charge in [-0.3, -0.25) is 0 Å². The minimum Gasteiger partial charge on any atom is -0.478 e. The molecular formula is C19H16ClN5O2. The third-order valence-electron chi connectivity index (χ3n) is 4.29. The first-order valence-corrected chi connectivity index (χ1v) is 8.80. The zero-order valence-electron chi connectivity index (χ0n) is 14.4. The van der Waals surface area contributed by atoms with Gasteiger partial charge in [0.1, 0.15) is 5.52 Å². The predicted octanol–water partition coefficient (Wildman–Crippen LogP) is 3.78. The molecule has 1 aromatic carbocycles. The van der Waals surface area contributed by atoms with Crippen molar-refractivity contribution in [2.45, 2.75) is 11.8 Å². The second kappa shape index (κ2) is 6.85. The Labute approximate surface area is 159 Å². The molecule has 1 aliphatic carbocycles. The summed E-state index contributed by atoms with van der Waals surface area (Å²) in [6.07, 6.45) is 8.31. The summed E-state index contributed by atoms with van der Waals surface area (Å²) in [6, 6.07) is 4.83. The lowest BCUT2D eigenvalue weighted by Crippen LogP contribution is -2.08. The lowest BCUT2D eigenvalue weighted by molar-refractivity contribution is 0.0697. The molecule has 0 fully saturated rings. The van der Waals surface area contributed by atoms with Gasteiger partial charge in [-0.05, 0) is 30.7 Å². The normalized spacial score (nSPS) is 16.4. The largest absolute Gasteiger partial charge is 0.478 e. The van der Waals surface area contributed by atoms with Crippen LogP contribution in [0.2, 0.25) is 0 Å². The number of carboxylic acid groups (broad SMARTS) is 1. The zero-order valence-corrected chi connectivity index (χ0v) is 15.2. The summed E-state index contributed by atoms with van der Waals surface area (Å²) in [7, 11) is 1.74. The molecule has 2 aromatic heterocycles. The van der Waals surface area contributed by atoms with Crippen molar-refractivity contribution in [1.29, 1.82) is 0 Å². The van der Waals surface area contributed by atoms with Gasteiger partial charge in [0.25, 0.3) is 0 Å². The number of aromatic nitrogens is 3. The quantitative estimate of drug-likeness (QED) is 0.467. The first kappa shape index (κ1) is 17.2. The van der Waals surface area contributed by atoms with Crippen molar-refractivity contribution in [1.82, 2.24) is 15.0 Å². The van der Waals surface area contributed by atoms with Crippen molar-refractivity contribution in [3.8, 4) is 0 Å². The van der Waals surface area contributed by atoms with Gasteiger partial charge in [-0.25, -0.2) is 19.7 Å². The van der Waals surface area contributed by atoms with Crippen LogP contribution in [0.5, 0.6) is 0 Å². The SMILES string of the molecule is CNc1ncc2c(n1)c(NC1=CC(Cl)CC=C1)nc1cc(C(=O)O)ccc12. The summed E-state index contributed by atoms with van der Waals surface area (Å²) >= 11 is 6.21. The second-order valence-corrected chi connectivity index (χ2v) is 6.67. The average Bonchev–Trinajstić information content (AvgIpc) is 2.67. The van der Waals surface area contributed by atoms with Crippen LogP contribution in [-0.4, -0.2) is 38.5 Å². The number of benzene rings is 1. The number of hydrogen-bond donors (Lipinski definition) is 3. The number of halogens is 1. The van der Waals surface area contributed by atoms with Gasteiger partial charge >= 0.3 is 5.97 Å². The summed E-state index contributed by atoms with van der Waals surface area (Å²) in [5, 5.41) is 16.9. The van der Waals surface area contributed by atoms with Crippen LogP contribution in [0.25, 0.3) is 21.8 Å².